The number of rotatable bonds is 5. The molecule has 118 valence electrons. The number of aromatic nitrogens is 2. The van der Waals surface area contributed by atoms with E-state index in [0.29, 0.717) is 25.0 Å². The SMILES string of the molecule is CC1CCC(C)N(S(=O)(=O)c2[nH]ncc2CNC2CC2)C1. The van der Waals surface area contributed by atoms with E-state index in [1.54, 1.807) is 10.5 Å². The van der Waals surface area contributed by atoms with Crippen LogP contribution < -0.4 is 5.32 Å². The third-order valence-electron chi connectivity index (χ3n) is 4.46. The zero-order valence-electron chi connectivity index (χ0n) is 12.7. The molecule has 2 atom stereocenters. The maximum atomic E-state index is 12.9. The Labute approximate surface area is 126 Å². The van der Waals surface area contributed by atoms with Gasteiger partial charge < -0.3 is 5.32 Å². The summed E-state index contributed by atoms with van der Waals surface area (Å²) in [7, 11) is -3.48. The fourth-order valence-electron chi connectivity index (χ4n) is 2.89. The second kappa shape index (κ2) is 5.70. The first-order chi connectivity index (χ1) is 9.98. The first kappa shape index (κ1) is 15.0. The topological polar surface area (TPSA) is 78.1 Å². The van der Waals surface area contributed by atoms with Gasteiger partial charge in [-0.05, 0) is 38.5 Å². The molecule has 2 N–H and O–H groups in total. The van der Waals surface area contributed by atoms with Gasteiger partial charge in [0.05, 0.1) is 6.20 Å². The summed E-state index contributed by atoms with van der Waals surface area (Å²) in [6.07, 6.45) is 6.00. The van der Waals surface area contributed by atoms with E-state index in [1.807, 2.05) is 6.92 Å². The van der Waals surface area contributed by atoms with Crippen molar-refractivity contribution in [2.75, 3.05) is 6.54 Å². The van der Waals surface area contributed by atoms with Gasteiger partial charge in [-0.15, -0.1) is 0 Å². The molecule has 2 heterocycles. The highest BCUT2D eigenvalue weighted by Gasteiger charge is 2.36. The molecule has 2 unspecified atom stereocenters. The molecule has 0 spiro atoms. The van der Waals surface area contributed by atoms with Gasteiger partial charge in [0.15, 0.2) is 5.03 Å². The van der Waals surface area contributed by atoms with Crippen molar-refractivity contribution in [3.05, 3.63) is 11.8 Å². The predicted molar refractivity (Wildman–Crippen MR) is 80.2 cm³/mol. The first-order valence-electron chi connectivity index (χ1n) is 7.76. The molecule has 0 radical (unpaired) electrons. The van der Waals surface area contributed by atoms with Crippen molar-refractivity contribution in [2.24, 2.45) is 5.92 Å². The summed E-state index contributed by atoms with van der Waals surface area (Å²) in [5, 5.41) is 10.3. The standard InChI is InChI=1S/C14H24N4O2S/c1-10-3-4-11(2)18(9-10)21(19,20)14-12(8-16-17-14)7-15-13-5-6-13/h8,10-11,13,15H,3-7,9H2,1-2H3,(H,16,17). The minimum atomic E-state index is -3.48. The number of sulfonamides is 1. The second-order valence-electron chi connectivity index (χ2n) is 6.49. The lowest BCUT2D eigenvalue weighted by atomic mass is 9.97. The summed E-state index contributed by atoms with van der Waals surface area (Å²) in [5.74, 6) is 0.409. The van der Waals surface area contributed by atoms with Gasteiger partial charge in [-0.25, -0.2) is 8.42 Å². The third kappa shape index (κ3) is 3.14. The molecular weight excluding hydrogens is 288 g/mol. The van der Waals surface area contributed by atoms with Crippen molar-refractivity contribution in [3.8, 4) is 0 Å². The predicted octanol–water partition coefficient (Wildman–Crippen LogP) is 1.47. The Morgan fingerprint density at radius 3 is 2.81 bits per heavy atom. The minimum Gasteiger partial charge on any atom is -0.310 e. The monoisotopic (exact) mass is 312 g/mol. The van der Waals surface area contributed by atoms with E-state index in [2.05, 4.69) is 22.4 Å². The molecule has 0 amide bonds. The van der Waals surface area contributed by atoms with Crippen LogP contribution in [0.15, 0.2) is 11.2 Å². The molecule has 1 aliphatic carbocycles. The summed E-state index contributed by atoms with van der Waals surface area (Å²) in [6, 6.07) is 0.600. The van der Waals surface area contributed by atoms with Crippen molar-refractivity contribution >= 4 is 10.0 Å². The van der Waals surface area contributed by atoms with E-state index in [-0.39, 0.29) is 11.1 Å². The highest BCUT2D eigenvalue weighted by atomic mass is 32.2. The molecular formula is C14H24N4O2S. The van der Waals surface area contributed by atoms with Gasteiger partial charge in [0.25, 0.3) is 10.0 Å². The average molecular weight is 312 g/mol. The van der Waals surface area contributed by atoms with Gasteiger partial charge >= 0.3 is 0 Å². The zero-order valence-corrected chi connectivity index (χ0v) is 13.5. The molecule has 7 heteroatoms. The van der Waals surface area contributed by atoms with Crippen LogP contribution >= 0.6 is 0 Å². The Kier molecular flexibility index (Phi) is 4.07. The first-order valence-corrected chi connectivity index (χ1v) is 9.20. The Morgan fingerprint density at radius 2 is 2.10 bits per heavy atom. The van der Waals surface area contributed by atoms with Crippen LogP contribution in [0.25, 0.3) is 0 Å². The molecule has 1 saturated carbocycles. The second-order valence-corrected chi connectivity index (χ2v) is 8.31. The molecule has 6 nitrogen and oxygen atoms in total. The summed E-state index contributed by atoms with van der Waals surface area (Å²) >= 11 is 0. The molecule has 2 fully saturated rings. The Balaban J connectivity index is 1.81. The van der Waals surface area contributed by atoms with Crippen LogP contribution in [0.4, 0.5) is 0 Å². The lowest BCUT2D eigenvalue weighted by molar-refractivity contribution is 0.217. The number of nitrogens with zero attached hydrogens (tertiary/aromatic N) is 2. The van der Waals surface area contributed by atoms with Crippen LogP contribution in [0.1, 0.15) is 45.1 Å². The van der Waals surface area contributed by atoms with Crippen molar-refractivity contribution in [1.82, 2.24) is 19.8 Å². The molecule has 3 rings (SSSR count). The van der Waals surface area contributed by atoms with Gasteiger partial charge in [-0.1, -0.05) is 6.92 Å². The zero-order chi connectivity index (χ0) is 15.0. The van der Waals surface area contributed by atoms with Crippen molar-refractivity contribution in [3.63, 3.8) is 0 Å². The fourth-order valence-corrected chi connectivity index (χ4v) is 4.78. The number of piperidine rings is 1. The maximum absolute atomic E-state index is 12.9. The molecule has 21 heavy (non-hydrogen) atoms. The Bertz CT molecular complexity index is 594. The van der Waals surface area contributed by atoms with Crippen molar-refractivity contribution in [2.45, 2.75) is 63.2 Å². The van der Waals surface area contributed by atoms with E-state index >= 15 is 0 Å². The number of hydrogen-bond acceptors (Lipinski definition) is 4. The van der Waals surface area contributed by atoms with Crippen molar-refractivity contribution < 1.29 is 8.42 Å². The summed E-state index contributed by atoms with van der Waals surface area (Å²) in [6.45, 7) is 5.25. The van der Waals surface area contributed by atoms with E-state index in [0.717, 1.165) is 18.4 Å². The van der Waals surface area contributed by atoms with Crippen molar-refractivity contribution in [1.29, 1.82) is 0 Å². The highest BCUT2D eigenvalue weighted by molar-refractivity contribution is 7.89. The van der Waals surface area contributed by atoms with E-state index in [9.17, 15) is 8.42 Å². The largest absolute Gasteiger partial charge is 0.310 e. The van der Waals surface area contributed by atoms with Gasteiger partial charge in [0.2, 0.25) is 0 Å². The maximum Gasteiger partial charge on any atom is 0.260 e. The van der Waals surface area contributed by atoms with Gasteiger partial charge in [0.1, 0.15) is 0 Å². The van der Waals surface area contributed by atoms with Gasteiger partial charge in [-0.3, -0.25) is 5.10 Å². The lowest BCUT2D eigenvalue weighted by Gasteiger charge is -2.35. The van der Waals surface area contributed by atoms with Crippen LogP contribution in [0.2, 0.25) is 0 Å². The Morgan fingerprint density at radius 1 is 1.33 bits per heavy atom. The summed E-state index contributed by atoms with van der Waals surface area (Å²) < 4.78 is 27.5. The smallest absolute Gasteiger partial charge is 0.260 e. The molecule has 2 aliphatic rings. The Hall–Kier alpha value is -0.920. The summed E-state index contributed by atoms with van der Waals surface area (Å²) in [5.41, 5.74) is 0.743. The van der Waals surface area contributed by atoms with Crippen LogP contribution in [0, 0.1) is 5.92 Å². The molecule has 1 saturated heterocycles. The molecule has 0 aromatic carbocycles. The lowest BCUT2D eigenvalue weighted by Crippen LogP contribution is -2.45. The van der Waals surface area contributed by atoms with Crippen LogP contribution in [-0.2, 0) is 16.6 Å². The highest BCUT2D eigenvalue weighted by Crippen LogP contribution is 2.28. The van der Waals surface area contributed by atoms with E-state index in [1.165, 1.54) is 12.8 Å². The normalized spacial score (nSPS) is 27.9. The minimum absolute atomic E-state index is 0.0544. The van der Waals surface area contributed by atoms with E-state index in [4.69, 9.17) is 0 Å². The van der Waals surface area contributed by atoms with Gasteiger partial charge in [-0.2, -0.15) is 9.40 Å². The average Bonchev–Trinajstić information content (AvgIpc) is 3.15. The fraction of sp³-hybridized carbons (Fsp3) is 0.786. The van der Waals surface area contributed by atoms with Crippen LogP contribution in [-0.4, -0.2) is 41.5 Å². The van der Waals surface area contributed by atoms with Crippen LogP contribution in [0.5, 0.6) is 0 Å². The van der Waals surface area contributed by atoms with E-state index < -0.39 is 10.0 Å². The molecule has 1 aromatic heterocycles. The number of hydrogen-bond donors (Lipinski definition) is 2. The molecule has 0 bridgehead atoms. The molecule has 1 aromatic rings. The molecule has 1 aliphatic heterocycles. The van der Waals surface area contributed by atoms with Gasteiger partial charge in [0, 0.05) is 30.7 Å². The number of nitrogens with one attached hydrogen (secondary N) is 2. The summed E-state index contributed by atoms with van der Waals surface area (Å²) in [4.78, 5) is 0. The third-order valence-corrected chi connectivity index (χ3v) is 6.46. The quantitative estimate of drug-likeness (QED) is 0.863. The number of aromatic amines is 1. The number of H-pyrrole nitrogens is 1. The van der Waals surface area contributed by atoms with Crippen LogP contribution in [0.3, 0.4) is 0 Å².